The lowest BCUT2D eigenvalue weighted by atomic mass is 9.98. The molecule has 0 amide bonds. The highest BCUT2D eigenvalue weighted by Gasteiger charge is 2.11. The smallest absolute Gasteiger partial charge is 0.134 e. The second kappa shape index (κ2) is 4.61. The van der Waals surface area contributed by atoms with Crippen LogP contribution in [0.5, 0.6) is 0 Å². The highest BCUT2D eigenvalue weighted by Crippen LogP contribution is 2.34. The summed E-state index contributed by atoms with van der Waals surface area (Å²) in [6, 6.07) is 14.3. The van der Waals surface area contributed by atoms with Crippen LogP contribution in [0, 0.1) is 0 Å². The van der Waals surface area contributed by atoms with E-state index in [9.17, 15) is 0 Å². The number of benzene rings is 2. The van der Waals surface area contributed by atoms with Crippen LogP contribution in [0.15, 0.2) is 71.9 Å². The predicted octanol–water partition coefficient (Wildman–Crippen LogP) is 4.59. The first-order chi connectivity index (χ1) is 11.4. The average Bonchev–Trinajstić information content (AvgIpc) is 3.10. The van der Waals surface area contributed by atoms with E-state index in [1.807, 2.05) is 24.4 Å². The third-order valence-electron chi connectivity index (χ3n) is 4.14. The molecule has 0 fully saturated rings. The molecule has 5 rings (SSSR count). The van der Waals surface area contributed by atoms with Gasteiger partial charge < -0.3 is 4.42 Å². The van der Waals surface area contributed by atoms with Crippen molar-refractivity contribution >= 4 is 32.6 Å². The Balaban J connectivity index is 1.89. The number of hydrogen-bond acceptors (Lipinski definition) is 4. The molecule has 0 unspecified atom stereocenters. The molecule has 0 saturated heterocycles. The quantitative estimate of drug-likeness (QED) is 0.454. The molecule has 4 nitrogen and oxygen atoms in total. The lowest BCUT2D eigenvalue weighted by Crippen LogP contribution is -1.88. The van der Waals surface area contributed by atoms with E-state index >= 15 is 0 Å². The van der Waals surface area contributed by atoms with Gasteiger partial charge in [0.25, 0.3) is 0 Å². The number of pyridine rings is 1. The van der Waals surface area contributed by atoms with Crippen molar-refractivity contribution in [2.75, 3.05) is 0 Å². The van der Waals surface area contributed by atoms with Gasteiger partial charge in [0.15, 0.2) is 0 Å². The largest absolute Gasteiger partial charge is 0.464 e. The number of rotatable bonds is 1. The van der Waals surface area contributed by atoms with Crippen LogP contribution in [-0.2, 0) is 0 Å². The van der Waals surface area contributed by atoms with E-state index in [1.54, 1.807) is 18.8 Å². The number of nitrogens with zero attached hydrogens (tertiary/aromatic N) is 3. The van der Waals surface area contributed by atoms with Crippen molar-refractivity contribution in [1.82, 2.24) is 15.0 Å². The minimum Gasteiger partial charge on any atom is -0.464 e. The van der Waals surface area contributed by atoms with Gasteiger partial charge in [0.1, 0.15) is 11.9 Å². The zero-order chi connectivity index (χ0) is 15.2. The Morgan fingerprint density at radius 1 is 0.870 bits per heavy atom. The highest BCUT2D eigenvalue weighted by atomic mass is 16.3. The maximum absolute atomic E-state index is 5.55. The van der Waals surface area contributed by atoms with E-state index in [0.29, 0.717) is 0 Å². The Hall–Kier alpha value is -3.27. The fourth-order valence-electron chi connectivity index (χ4n) is 3.07. The molecule has 0 bridgehead atoms. The van der Waals surface area contributed by atoms with Crippen LogP contribution in [0.1, 0.15) is 0 Å². The molecule has 0 spiro atoms. The molecule has 23 heavy (non-hydrogen) atoms. The molecular weight excluding hydrogens is 286 g/mol. The van der Waals surface area contributed by atoms with Crippen molar-refractivity contribution in [3.8, 4) is 11.3 Å². The molecule has 3 aromatic heterocycles. The summed E-state index contributed by atoms with van der Waals surface area (Å²) in [5.74, 6) is 0. The second-order valence-electron chi connectivity index (χ2n) is 5.45. The Labute approximate surface area is 131 Å². The van der Waals surface area contributed by atoms with Gasteiger partial charge in [-0.25, -0.2) is 9.97 Å². The molecule has 5 aromatic rings. The van der Waals surface area contributed by atoms with E-state index < -0.39 is 0 Å². The zero-order valence-electron chi connectivity index (χ0n) is 12.1. The van der Waals surface area contributed by atoms with Crippen molar-refractivity contribution in [2.45, 2.75) is 0 Å². The molecule has 0 N–H and O–H groups in total. The van der Waals surface area contributed by atoms with E-state index in [1.165, 1.54) is 5.39 Å². The summed E-state index contributed by atoms with van der Waals surface area (Å²) in [5, 5.41) is 4.35. The van der Waals surface area contributed by atoms with Crippen molar-refractivity contribution in [3.05, 3.63) is 67.4 Å². The molecule has 0 aliphatic heterocycles. The van der Waals surface area contributed by atoms with Crippen LogP contribution in [0.3, 0.4) is 0 Å². The van der Waals surface area contributed by atoms with Gasteiger partial charge in [0.2, 0.25) is 0 Å². The third kappa shape index (κ3) is 1.82. The standard InChI is InChI=1S/C19H11N3O/c1-2-12-4-5-18-15(6-7-23-18)19(12)14(3-1)17-8-16-13(10-21-17)9-20-11-22-16/h1-11H. The number of furan rings is 1. The van der Waals surface area contributed by atoms with Crippen LogP contribution in [0.4, 0.5) is 0 Å². The molecule has 0 aliphatic carbocycles. The summed E-state index contributed by atoms with van der Waals surface area (Å²) in [4.78, 5) is 13.0. The molecule has 0 aliphatic rings. The topological polar surface area (TPSA) is 51.8 Å². The predicted molar refractivity (Wildman–Crippen MR) is 90.0 cm³/mol. The average molecular weight is 297 g/mol. The molecule has 2 aromatic carbocycles. The lowest BCUT2D eigenvalue weighted by molar-refractivity contribution is 0.616. The lowest BCUT2D eigenvalue weighted by Gasteiger charge is -2.08. The molecule has 0 atom stereocenters. The van der Waals surface area contributed by atoms with E-state index in [2.05, 4.69) is 39.2 Å². The van der Waals surface area contributed by atoms with E-state index in [0.717, 1.165) is 38.5 Å². The zero-order valence-corrected chi connectivity index (χ0v) is 12.1. The Kier molecular flexibility index (Phi) is 2.46. The normalized spacial score (nSPS) is 11.5. The summed E-state index contributed by atoms with van der Waals surface area (Å²) in [5.41, 5.74) is 3.75. The molecule has 0 saturated carbocycles. The molecule has 4 heteroatoms. The second-order valence-corrected chi connectivity index (χ2v) is 5.45. The van der Waals surface area contributed by atoms with Crippen molar-refractivity contribution in [2.24, 2.45) is 0 Å². The summed E-state index contributed by atoms with van der Waals surface area (Å²) in [6.07, 6.45) is 6.88. The first kappa shape index (κ1) is 12.3. The van der Waals surface area contributed by atoms with Crippen LogP contribution in [0.2, 0.25) is 0 Å². The van der Waals surface area contributed by atoms with Crippen molar-refractivity contribution < 1.29 is 4.42 Å². The van der Waals surface area contributed by atoms with Gasteiger partial charge in [-0.1, -0.05) is 24.3 Å². The first-order valence-electron chi connectivity index (χ1n) is 7.35. The van der Waals surface area contributed by atoms with Crippen molar-refractivity contribution in [1.29, 1.82) is 0 Å². The monoisotopic (exact) mass is 297 g/mol. The van der Waals surface area contributed by atoms with Gasteiger partial charge in [-0.2, -0.15) is 0 Å². The molecule has 108 valence electrons. The van der Waals surface area contributed by atoms with Crippen LogP contribution in [-0.4, -0.2) is 15.0 Å². The maximum Gasteiger partial charge on any atom is 0.134 e. The Bertz CT molecular complexity index is 1180. The fraction of sp³-hybridized carbons (Fsp3) is 0. The van der Waals surface area contributed by atoms with Crippen LogP contribution in [0.25, 0.3) is 43.9 Å². The van der Waals surface area contributed by atoms with Gasteiger partial charge >= 0.3 is 0 Å². The number of aromatic nitrogens is 3. The van der Waals surface area contributed by atoms with Gasteiger partial charge in [-0.05, 0) is 23.6 Å². The minimum absolute atomic E-state index is 0.882. The SMILES string of the molecule is c1cc(-c2cc3ncncc3cn2)c2c(c1)ccc1occc12. The summed E-state index contributed by atoms with van der Waals surface area (Å²) < 4.78 is 5.55. The third-order valence-corrected chi connectivity index (χ3v) is 4.14. The van der Waals surface area contributed by atoms with Crippen LogP contribution >= 0.6 is 0 Å². The fourth-order valence-corrected chi connectivity index (χ4v) is 3.07. The Morgan fingerprint density at radius 3 is 2.87 bits per heavy atom. The van der Waals surface area contributed by atoms with Crippen molar-refractivity contribution in [3.63, 3.8) is 0 Å². The van der Waals surface area contributed by atoms with E-state index in [4.69, 9.17) is 4.42 Å². The number of hydrogen-bond donors (Lipinski definition) is 0. The first-order valence-corrected chi connectivity index (χ1v) is 7.35. The summed E-state index contributed by atoms with van der Waals surface area (Å²) in [7, 11) is 0. The van der Waals surface area contributed by atoms with Gasteiger partial charge in [0, 0.05) is 34.1 Å². The van der Waals surface area contributed by atoms with Gasteiger partial charge in [-0.15, -0.1) is 0 Å². The summed E-state index contributed by atoms with van der Waals surface area (Å²) in [6.45, 7) is 0. The molecule has 3 heterocycles. The number of fused-ring (bicyclic) bond motifs is 4. The minimum atomic E-state index is 0.882. The van der Waals surface area contributed by atoms with E-state index in [-0.39, 0.29) is 0 Å². The van der Waals surface area contributed by atoms with Crippen LogP contribution < -0.4 is 0 Å². The Morgan fingerprint density at radius 2 is 1.87 bits per heavy atom. The maximum atomic E-state index is 5.55. The van der Waals surface area contributed by atoms with Gasteiger partial charge in [-0.3, -0.25) is 4.98 Å². The molecular formula is C19H11N3O. The van der Waals surface area contributed by atoms with Gasteiger partial charge in [0.05, 0.1) is 17.5 Å². The highest BCUT2D eigenvalue weighted by molar-refractivity contribution is 6.13. The summed E-state index contributed by atoms with van der Waals surface area (Å²) >= 11 is 0. The molecule has 0 radical (unpaired) electrons.